The Morgan fingerprint density at radius 2 is 2.20 bits per heavy atom. The number of hydrogen-bond acceptors (Lipinski definition) is 4. The molecule has 0 amide bonds. The minimum absolute atomic E-state index is 0.785. The van der Waals surface area contributed by atoms with E-state index in [9.17, 15) is 13.0 Å². The van der Waals surface area contributed by atoms with Gasteiger partial charge >= 0.3 is 0 Å². The third kappa shape index (κ3) is 0.962. The first-order valence-corrected chi connectivity index (χ1v) is 3.86. The quantitative estimate of drug-likeness (QED) is 0.382. The van der Waals surface area contributed by atoms with Crippen molar-refractivity contribution in [2.75, 3.05) is 7.05 Å². The van der Waals surface area contributed by atoms with Crippen LogP contribution in [0.2, 0.25) is 0 Å². The third-order valence-electron chi connectivity index (χ3n) is 1.23. The predicted molar refractivity (Wildman–Crippen MR) is 33.5 cm³/mol. The molecule has 10 heavy (non-hydrogen) atoms. The monoisotopic (exact) mass is 162 g/mol. The van der Waals surface area contributed by atoms with Crippen LogP contribution >= 0.6 is 0 Å². The van der Waals surface area contributed by atoms with Crippen LogP contribution in [0.1, 0.15) is 0 Å². The zero-order valence-corrected chi connectivity index (χ0v) is 6.08. The first-order chi connectivity index (χ1) is 4.46. The Kier molecular flexibility index (Phi) is 1.39. The van der Waals surface area contributed by atoms with Crippen molar-refractivity contribution in [1.82, 2.24) is 0 Å². The zero-order valence-electron chi connectivity index (χ0n) is 5.26. The molecule has 0 radical (unpaired) electrons. The van der Waals surface area contributed by atoms with Gasteiger partial charge in [-0.3, -0.25) is 0 Å². The summed E-state index contributed by atoms with van der Waals surface area (Å²) >= 11 is 0. The van der Waals surface area contributed by atoms with Crippen molar-refractivity contribution in [3.63, 3.8) is 0 Å². The molecule has 0 aromatic carbocycles. The lowest BCUT2D eigenvalue weighted by Gasteiger charge is -2.23. The molecule has 1 atom stereocenters. The maximum Gasteiger partial charge on any atom is 0.264 e. The maximum atomic E-state index is 10.4. The van der Waals surface area contributed by atoms with Crippen LogP contribution in [0.4, 0.5) is 0 Å². The van der Waals surface area contributed by atoms with E-state index in [1.165, 1.54) is 19.4 Å². The van der Waals surface area contributed by atoms with Gasteiger partial charge in [-0.15, -0.1) is 0 Å². The lowest BCUT2D eigenvalue weighted by Crippen LogP contribution is -2.40. The highest BCUT2D eigenvalue weighted by molar-refractivity contribution is 7.80. The van der Waals surface area contributed by atoms with Gasteiger partial charge in [0, 0.05) is 0 Å². The van der Waals surface area contributed by atoms with Crippen LogP contribution in [0.3, 0.4) is 0 Å². The standard InChI is InChI=1S/C4H6N2O3S/c1-6(10(7,8)9)3-2-5-4-6/h2-4H,1H3. The SMILES string of the molecule is C[N+]1(S(=O)(=O)[O-])C=CN=C1. The largest absolute Gasteiger partial charge is 0.701 e. The average molecular weight is 162 g/mol. The molecule has 1 unspecified atom stereocenters. The fourth-order valence-corrected chi connectivity index (χ4v) is 0.886. The highest BCUT2D eigenvalue weighted by atomic mass is 32.2. The number of hydrogen-bond donors (Lipinski definition) is 0. The van der Waals surface area contributed by atoms with E-state index < -0.39 is 14.2 Å². The number of aliphatic imine (C=N–C) groups is 1. The van der Waals surface area contributed by atoms with Gasteiger partial charge in [0.15, 0.2) is 0 Å². The Bertz CT molecular complexity index is 278. The molecule has 1 aliphatic heterocycles. The summed E-state index contributed by atoms with van der Waals surface area (Å²) in [6.45, 7) is 0. The number of nitrogens with zero attached hydrogens (tertiary/aromatic N) is 2. The van der Waals surface area contributed by atoms with Crippen molar-refractivity contribution >= 4 is 16.6 Å². The van der Waals surface area contributed by atoms with Gasteiger partial charge in [0.05, 0.1) is 13.2 Å². The zero-order chi connectivity index (χ0) is 7.83. The summed E-state index contributed by atoms with van der Waals surface area (Å²) in [4.78, 5) is 3.49. The molecule has 1 rings (SSSR count). The molecular weight excluding hydrogens is 156 g/mol. The molecule has 5 nitrogen and oxygen atoms in total. The van der Waals surface area contributed by atoms with E-state index in [0.717, 1.165) is 6.34 Å². The Morgan fingerprint density at radius 3 is 2.40 bits per heavy atom. The van der Waals surface area contributed by atoms with Crippen molar-refractivity contribution < 1.29 is 16.9 Å². The molecular formula is C4H6N2O3S. The lowest BCUT2D eigenvalue weighted by molar-refractivity contribution is -0.618. The van der Waals surface area contributed by atoms with Gasteiger partial charge < -0.3 is 4.55 Å². The maximum absolute atomic E-state index is 10.4. The van der Waals surface area contributed by atoms with E-state index in [1.54, 1.807) is 0 Å². The Labute approximate surface area is 58.8 Å². The molecule has 6 heteroatoms. The fourth-order valence-electron chi connectivity index (χ4n) is 0.512. The van der Waals surface area contributed by atoms with E-state index in [2.05, 4.69) is 4.99 Å². The molecule has 0 saturated carbocycles. The van der Waals surface area contributed by atoms with E-state index in [0.29, 0.717) is 0 Å². The van der Waals surface area contributed by atoms with Gasteiger partial charge in [-0.05, 0) is 0 Å². The minimum atomic E-state index is -4.35. The van der Waals surface area contributed by atoms with Crippen LogP contribution in [0.25, 0.3) is 0 Å². The van der Waals surface area contributed by atoms with Crippen molar-refractivity contribution in [2.45, 2.75) is 0 Å². The first kappa shape index (κ1) is 7.39. The second kappa shape index (κ2) is 1.88. The molecule has 0 aliphatic carbocycles. The van der Waals surface area contributed by atoms with Gasteiger partial charge in [0.1, 0.15) is 6.20 Å². The van der Waals surface area contributed by atoms with Gasteiger partial charge in [-0.1, -0.05) is 0 Å². The molecule has 1 aliphatic rings. The molecule has 0 fully saturated rings. The Morgan fingerprint density at radius 1 is 1.60 bits per heavy atom. The van der Waals surface area contributed by atoms with Gasteiger partial charge in [0.2, 0.25) is 6.34 Å². The normalized spacial score (nSPS) is 31.4. The molecule has 0 aromatic heterocycles. The number of quaternary nitrogens is 1. The highest BCUT2D eigenvalue weighted by Gasteiger charge is 2.27. The molecule has 0 spiro atoms. The Balaban J connectivity index is 3.14. The molecule has 0 aromatic rings. The van der Waals surface area contributed by atoms with E-state index in [1.807, 2.05) is 0 Å². The summed E-state index contributed by atoms with van der Waals surface area (Å²) in [6.07, 6.45) is 3.53. The van der Waals surface area contributed by atoms with Crippen LogP contribution < -0.4 is 0 Å². The molecule has 1 heterocycles. The summed E-state index contributed by atoms with van der Waals surface area (Å²) < 4.78 is 30.5. The summed E-state index contributed by atoms with van der Waals surface area (Å²) in [5.74, 6) is 0. The molecule has 0 N–H and O–H groups in total. The second-order valence-corrected chi connectivity index (χ2v) is 3.69. The minimum Gasteiger partial charge on any atom is -0.701 e. The smallest absolute Gasteiger partial charge is 0.264 e. The van der Waals surface area contributed by atoms with E-state index in [4.69, 9.17) is 0 Å². The molecule has 0 bridgehead atoms. The van der Waals surface area contributed by atoms with Gasteiger partial charge in [-0.2, -0.15) is 12.3 Å². The van der Waals surface area contributed by atoms with Crippen molar-refractivity contribution in [3.8, 4) is 0 Å². The summed E-state index contributed by atoms with van der Waals surface area (Å²) in [6, 6.07) is 0. The molecule has 0 saturated heterocycles. The van der Waals surface area contributed by atoms with Crippen LogP contribution in [0.5, 0.6) is 0 Å². The van der Waals surface area contributed by atoms with Crippen LogP contribution in [0, 0.1) is 0 Å². The average Bonchev–Trinajstić information content (AvgIpc) is 2.13. The summed E-state index contributed by atoms with van der Waals surface area (Å²) in [5.41, 5.74) is 0. The van der Waals surface area contributed by atoms with Gasteiger partial charge in [-0.25, -0.2) is 4.99 Å². The van der Waals surface area contributed by atoms with Crippen molar-refractivity contribution in [3.05, 3.63) is 12.4 Å². The van der Waals surface area contributed by atoms with Crippen LogP contribution in [-0.2, 0) is 10.3 Å². The van der Waals surface area contributed by atoms with E-state index >= 15 is 0 Å². The predicted octanol–water partition coefficient (Wildman–Crippen LogP) is -0.594. The highest BCUT2D eigenvalue weighted by Crippen LogP contribution is 2.11. The summed E-state index contributed by atoms with van der Waals surface area (Å²) in [5, 5.41) is 0. The second-order valence-electron chi connectivity index (χ2n) is 2.05. The first-order valence-electron chi connectivity index (χ1n) is 2.50. The van der Waals surface area contributed by atoms with Crippen molar-refractivity contribution in [2.24, 2.45) is 4.99 Å². The molecule has 56 valence electrons. The lowest BCUT2D eigenvalue weighted by atomic mass is 10.8. The Hall–Kier alpha value is -0.720. The van der Waals surface area contributed by atoms with E-state index in [-0.39, 0.29) is 0 Å². The topological polar surface area (TPSA) is 69.6 Å². The van der Waals surface area contributed by atoms with Crippen LogP contribution in [0.15, 0.2) is 17.4 Å². The fraction of sp³-hybridized carbons (Fsp3) is 0.250. The summed E-state index contributed by atoms with van der Waals surface area (Å²) in [7, 11) is -3.11. The third-order valence-corrected chi connectivity index (χ3v) is 2.41. The van der Waals surface area contributed by atoms with Crippen molar-refractivity contribution in [1.29, 1.82) is 0 Å². The van der Waals surface area contributed by atoms with Gasteiger partial charge in [0.25, 0.3) is 10.3 Å². The number of rotatable bonds is 1. The van der Waals surface area contributed by atoms with Crippen LogP contribution in [-0.4, -0.2) is 30.2 Å².